The van der Waals surface area contributed by atoms with Gasteiger partial charge in [0.1, 0.15) is 0 Å². The van der Waals surface area contributed by atoms with Crippen molar-refractivity contribution in [2.45, 2.75) is 19.4 Å². The normalized spacial score (nSPS) is 25.0. The zero-order valence-electron chi connectivity index (χ0n) is 10.7. The fourth-order valence-electron chi connectivity index (χ4n) is 2.90. The molecule has 0 aliphatic carbocycles. The number of amides is 1. The van der Waals surface area contributed by atoms with Gasteiger partial charge in [0.2, 0.25) is 5.91 Å². The smallest absolute Gasteiger partial charge is 0.243 e. The summed E-state index contributed by atoms with van der Waals surface area (Å²) in [6.45, 7) is 2.21. The van der Waals surface area contributed by atoms with Crippen molar-refractivity contribution in [3.8, 4) is 0 Å². The lowest BCUT2D eigenvalue weighted by molar-refractivity contribution is -0.115. The van der Waals surface area contributed by atoms with E-state index >= 15 is 0 Å². The van der Waals surface area contributed by atoms with E-state index in [0.717, 1.165) is 16.9 Å². The van der Waals surface area contributed by atoms with E-state index in [9.17, 15) is 13.2 Å². The highest BCUT2D eigenvalue weighted by molar-refractivity contribution is 7.91. The standard InChI is InChI=1S/C13H16N2O3S/c1-9-3-2-4-11-13(9)15(7-12(16)14-11)10-5-6-19(17,18)8-10/h2-4,10H,5-8H2,1H3,(H,14,16). The molecular weight excluding hydrogens is 264 g/mol. The number of nitrogens with zero attached hydrogens (tertiary/aromatic N) is 1. The SMILES string of the molecule is Cc1cccc2c1N(C1CCS(=O)(=O)C1)CC(=O)N2. The number of carbonyl (C=O) groups excluding carboxylic acids is 1. The molecule has 0 aromatic heterocycles. The van der Waals surface area contributed by atoms with Crippen molar-refractivity contribution >= 4 is 27.1 Å². The number of hydrogen-bond acceptors (Lipinski definition) is 4. The van der Waals surface area contributed by atoms with Gasteiger partial charge < -0.3 is 10.2 Å². The molecule has 1 fully saturated rings. The summed E-state index contributed by atoms with van der Waals surface area (Å²) < 4.78 is 23.3. The molecule has 0 bridgehead atoms. The van der Waals surface area contributed by atoms with Crippen molar-refractivity contribution < 1.29 is 13.2 Å². The van der Waals surface area contributed by atoms with Gasteiger partial charge in [-0.25, -0.2) is 8.42 Å². The molecule has 1 unspecified atom stereocenters. The summed E-state index contributed by atoms with van der Waals surface area (Å²) in [6.07, 6.45) is 0.601. The quantitative estimate of drug-likeness (QED) is 0.831. The number of benzene rings is 1. The van der Waals surface area contributed by atoms with Crippen molar-refractivity contribution in [3.63, 3.8) is 0 Å². The van der Waals surface area contributed by atoms with Crippen LogP contribution in [0, 0.1) is 6.92 Å². The van der Waals surface area contributed by atoms with Gasteiger partial charge in [-0.3, -0.25) is 4.79 Å². The van der Waals surface area contributed by atoms with Crippen LogP contribution in [-0.2, 0) is 14.6 Å². The molecule has 102 valence electrons. The van der Waals surface area contributed by atoms with Crippen LogP contribution in [0.5, 0.6) is 0 Å². The maximum atomic E-state index is 11.8. The highest BCUT2D eigenvalue weighted by Gasteiger charge is 2.36. The third-order valence-corrected chi connectivity index (χ3v) is 5.51. The van der Waals surface area contributed by atoms with E-state index in [-0.39, 0.29) is 30.0 Å². The number of rotatable bonds is 1. The number of fused-ring (bicyclic) bond motifs is 1. The molecule has 1 saturated heterocycles. The molecule has 3 rings (SSSR count). The number of hydrogen-bond donors (Lipinski definition) is 1. The number of sulfone groups is 1. The minimum absolute atomic E-state index is 0.0811. The molecule has 1 aromatic rings. The lowest BCUT2D eigenvalue weighted by Crippen LogP contribution is -2.45. The van der Waals surface area contributed by atoms with Crippen molar-refractivity contribution in [1.82, 2.24) is 0 Å². The molecule has 1 amide bonds. The van der Waals surface area contributed by atoms with Crippen molar-refractivity contribution in [1.29, 1.82) is 0 Å². The molecule has 1 atom stereocenters. The zero-order valence-corrected chi connectivity index (χ0v) is 11.5. The highest BCUT2D eigenvalue weighted by atomic mass is 32.2. The van der Waals surface area contributed by atoms with Gasteiger partial charge in [0.25, 0.3) is 0 Å². The van der Waals surface area contributed by atoms with E-state index in [1.165, 1.54) is 0 Å². The van der Waals surface area contributed by atoms with E-state index in [1.54, 1.807) is 0 Å². The van der Waals surface area contributed by atoms with Gasteiger partial charge in [-0.1, -0.05) is 12.1 Å². The summed E-state index contributed by atoms with van der Waals surface area (Å²) in [6, 6.07) is 5.64. The maximum absolute atomic E-state index is 11.8. The average Bonchev–Trinajstić information content (AvgIpc) is 2.68. The predicted octanol–water partition coefficient (Wildman–Crippen LogP) is 0.941. The summed E-state index contributed by atoms with van der Waals surface area (Å²) in [5.74, 6) is 0.285. The maximum Gasteiger partial charge on any atom is 0.243 e. The number of anilines is 2. The molecular formula is C13H16N2O3S. The second-order valence-electron chi connectivity index (χ2n) is 5.20. The van der Waals surface area contributed by atoms with E-state index in [2.05, 4.69) is 5.32 Å². The summed E-state index contributed by atoms with van der Waals surface area (Å²) in [5, 5.41) is 2.84. The summed E-state index contributed by atoms with van der Waals surface area (Å²) in [7, 11) is -2.95. The number of aryl methyl sites for hydroxylation is 1. The van der Waals surface area contributed by atoms with Crippen LogP contribution in [-0.4, -0.2) is 38.4 Å². The number of carbonyl (C=O) groups is 1. The molecule has 1 aromatic carbocycles. The molecule has 0 spiro atoms. The van der Waals surface area contributed by atoms with E-state index in [0.29, 0.717) is 6.42 Å². The van der Waals surface area contributed by atoms with Crippen LogP contribution >= 0.6 is 0 Å². The van der Waals surface area contributed by atoms with Crippen LogP contribution in [0.15, 0.2) is 18.2 Å². The van der Waals surface area contributed by atoms with Crippen LogP contribution < -0.4 is 10.2 Å². The van der Waals surface area contributed by atoms with E-state index in [1.807, 2.05) is 30.0 Å². The van der Waals surface area contributed by atoms with Gasteiger partial charge in [0, 0.05) is 6.04 Å². The van der Waals surface area contributed by atoms with Crippen LogP contribution in [0.25, 0.3) is 0 Å². The Morgan fingerprint density at radius 2 is 2.16 bits per heavy atom. The third kappa shape index (κ3) is 2.20. The fraction of sp³-hybridized carbons (Fsp3) is 0.462. The molecule has 1 N–H and O–H groups in total. The first kappa shape index (κ1) is 12.5. The summed E-state index contributed by atoms with van der Waals surface area (Å²) in [5.41, 5.74) is 2.80. The fourth-order valence-corrected chi connectivity index (χ4v) is 4.63. The second-order valence-corrected chi connectivity index (χ2v) is 7.43. The van der Waals surface area contributed by atoms with Gasteiger partial charge in [-0.05, 0) is 25.0 Å². The lowest BCUT2D eigenvalue weighted by atomic mass is 10.1. The minimum atomic E-state index is -2.95. The van der Waals surface area contributed by atoms with Gasteiger partial charge in [0.05, 0.1) is 29.4 Å². The van der Waals surface area contributed by atoms with Gasteiger partial charge in [-0.15, -0.1) is 0 Å². The van der Waals surface area contributed by atoms with Crippen molar-refractivity contribution in [2.24, 2.45) is 0 Å². The van der Waals surface area contributed by atoms with Crippen LogP contribution in [0.3, 0.4) is 0 Å². The molecule has 19 heavy (non-hydrogen) atoms. The largest absolute Gasteiger partial charge is 0.356 e. The molecule has 5 nitrogen and oxygen atoms in total. The summed E-state index contributed by atoms with van der Waals surface area (Å²) >= 11 is 0. The lowest BCUT2D eigenvalue weighted by Gasteiger charge is -2.36. The van der Waals surface area contributed by atoms with Crippen LogP contribution in [0.1, 0.15) is 12.0 Å². The Hall–Kier alpha value is -1.56. The Kier molecular flexibility index (Phi) is 2.78. The van der Waals surface area contributed by atoms with E-state index < -0.39 is 9.84 Å². The van der Waals surface area contributed by atoms with Gasteiger partial charge in [-0.2, -0.15) is 0 Å². The van der Waals surface area contributed by atoms with Crippen molar-refractivity contribution in [2.75, 3.05) is 28.3 Å². The first-order chi connectivity index (χ1) is 8.96. The summed E-state index contributed by atoms with van der Waals surface area (Å²) in [4.78, 5) is 13.7. The molecule has 0 radical (unpaired) electrons. The first-order valence-corrected chi connectivity index (χ1v) is 8.15. The second kappa shape index (κ2) is 4.23. The van der Waals surface area contributed by atoms with Gasteiger partial charge >= 0.3 is 0 Å². The van der Waals surface area contributed by atoms with Crippen LogP contribution in [0.2, 0.25) is 0 Å². The molecule has 0 saturated carbocycles. The van der Waals surface area contributed by atoms with Crippen LogP contribution in [0.4, 0.5) is 11.4 Å². The minimum Gasteiger partial charge on any atom is -0.356 e. The number of para-hydroxylation sites is 1. The van der Waals surface area contributed by atoms with Crippen molar-refractivity contribution in [3.05, 3.63) is 23.8 Å². The molecule has 6 heteroatoms. The highest BCUT2D eigenvalue weighted by Crippen LogP contribution is 2.36. The molecule has 2 heterocycles. The Morgan fingerprint density at radius 1 is 1.37 bits per heavy atom. The Morgan fingerprint density at radius 3 is 2.84 bits per heavy atom. The monoisotopic (exact) mass is 280 g/mol. The Labute approximate surface area is 112 Å². The van der Waals surface area contributed by atoms with Gasteiger partial charge in [0.15, 0.2) is 9.84 Å². The average molecular weight is 280 g/mol. The topological polar surface area (TPSA) is 66.5 Å². The third-order valence-electron chi connectivity index (χ3n) is 3.76. The zero-order chi connectivity index (χ0) is 13.6. The first-order valence-electron chi connectivity index (χ1n) is 6.33. The molecule has 2 aliphatic heterocycles. The Balaban J connectivity index is 2.02. The Bertz CT molecular complexity index is 639. The van der Waals surface area contributed by atoms with E-state index in [4.69, 9.17) is 0 Å². The number of nitrogens with one attached hydrogen (secondary N) is 1. The predicted molar refractivity (Wildman–Crippen MR) is 74.2 cm³/mol. The molecule has 2 aliphatic rings.